The Morgan fingerprint density at radius 2 is 2.27 bits per heavy atom. The molecule has 0 aliphatic carbocycles. The first-order valence-corrected chi connectivity index (χ1v) is 5.86. The second-order valence-corrected chi connectivity index (χ2v) is 4.41. The molecule has 0 spiro atoms. The van der Waals surface area contributed by atoms with Crippen molar-refractivity contribution >= 4 is 17.0 Å². The van der Waals surface area contributed by atoms with E-state index in [1.165, 1.54) is 10.4 Å². The number of rotatable bonds is 1. The monoisotopic (exact) mass is 217 g/mol. The van der Waals surface area contributed by atoms with Crippen LogP contribution in [0.15, 0.2) is 35.7 Å². The van der Waals surface area contributed by atoms with Crippen LogP contribution in [-0.4, -0.2) is 13.2 Å². The summed E-state index contributed by atoms with van der Waals surface area (Å²) >= 11 is 1.76. The van der Waals surface area contributed by atoms with Crippen molar-refractivity contribution in [2.24, 2.45) is 0 Å². The van der Waals surface area contributed by atoms with Crippen molar-refractivity contribution in [2.75, 3.05) is 18.5 Å². The third-order valence-corrected chi connectivity index (χ3v) is 3.38. The molecule has 15 heavy (non-hydrogen) atoms. The Kier molecular flexibility index (Phi) is 2.10. The molecule has 0 atom stereocenters. The zero-order valence-corrected chi connectivity index (χ0v) is 9.01. The molecule has 2 heterocycles. The number of fused-ring (bicyclic) bond motifs is 1. The van der Waals surface area contributed by atoms with Gasteiger partial charge in [0.05, 0.1) is 5.69 Å². The fourth-order valence-corrected chi connectivity index (χ4v) is 2.46. The summed E-state index contributed by atoms with van der Waals surface area (Å²) in [6.45, 7) is 1.65. The smallest absolute Gasteiger partial charge is 0.142 e. The summed E-state index contributed by atoms with van der Waals surface area (Å²) < 4.78 is 5.54. The summed E-state index contributed by atoms with van der Waals surface area (Å²) in [5.41, 5.74) is 2.36. The molecule has 1 aromatic carbocycles. The summed E-state index contributed by atoms with van der Waals surface area (Å²) in [5, 5.41) is 5.44. The molecule has 0 saturated carbocycles. The first-order valence-electron chi connectivity index (χ1n) is 4.98. The van der Waals surface area contributed by atoms with Gasteiger partial charge in [-0.1, -0.05) is 6.07 Å². The Labute approximate surface area is 92.5 Å². The maximum atomic E-state index is 5.54. The summed E-state index contributed by atoms with van der Waals surface area (Å²) in [7, 11) is 0. The van der Waals surface area contributed by atoms with Gasteiger partial charge in [0.25, 0.3) is 0 Å². The molecule has 76 valence electrons. The van der Waals surface area contributed by atoms with Crippen LogP contribution in [0.25, 0.3) is 10.4 Å². The normalized spacial score (nSPS) is 13.9. The van der Waals surface area contributed by atoms with Crippen LogP contribution in [0.5, 0.6) is 5.75 Å². The minimum Gasteiger partial charge on any atom is -0.490 e. The van der Waals surface area contributed by atoms with Gasteiger partial charge < -0.3 is 10.1 Å². The van der Waals surface area contributed by atoms with Gasteiger partial charge in [0.1, 0.15) is 12.4 Å². The molecule has 2 nitrogen and oxygen atoms in total. The minimum absolute atomic E-state index is 0.755. The zero-order valence-electron chi connectivity index (χ0n) is 8.19. The SMILES string of the molecule is c1csc(-c2ccc3c(c2)NCCO3)c1. The number of thiophene rings is 1. The Balaban J connectivity index is 2.04. The highest BCUT2D eigenvalue weighted by molar-refractivity contribution is 7.13. The van der Waals surface area contributed by atoms with E-state index in [-0.39, 0.29) is 0 Å². The maximum Gasteiger partial charge on any atom is 0.142 e. The van der Waals surface area contributed by atoms with Crippen LogP contribution >= 0.6 is 11.3 Å². The van der Waals surface area contributed by atoms with E-state index in [0.29, 0.717) is 0 Å². The number of anilines is 1. The molecule has 0 saturated heterocycles. The van der Waals surface area contributed by atoms with Crippen molar-refractivity contribution in [2.45, 2.75) is 0 Å². The Hall–Kier alpha value is -1.48. The van der Waals surface area contributed by atoms with Crippen LogP contribution in [0.2, 0.25) is 0 Å². The first-order chi connectivity index (χ1) is 7.43. The molecule has 1 N–H and O–H groups in total. The van der Waals surface area contributed by atoms with Crippen LogP contribution in [0.1, 0.15) is 0 Å². The van der Waals surface area contributed by atoms with Gasteiger partial charge in [-0.25, -0.2) is 0 Å². The van der Waals surface area contributed by atoms with E-state index in [1.54, 1.807) is 11.3 Å². The first kappa shape index (κ1) is 8.80. The summed E-state index contributed by atoms with van der Waals surface area (Å²) in [6.07, 6.45) is 0. The Morgan fingerprint density at radius 1 is 1.27 bits per heavy atom. The largest absolute Gasteiger partial charge is 0.490 e. The van der Waals surface area contributed by atoms with Crippen molar-refractivity contribution in [3.8, 4) is 16.2 Å². The summed E-state index contributed by atoms with van der Waals surface area (Å²) in [5.74, 6) is 0.960. The van der Waals surface area contributed by atoms with Crippen LogP contribution in [0.4, 0.5) is 5.69 Å². The van der Waals surface area contributed by atoms with E-state index < -0.39 is 0 Å². The molecule has 3 heteroatoms. The van der Waals surface area contributed by atoms with Crippen molar-refractivity contribution in [1.82, 2.24) is 0 Å². The number of hydrogen-bond donors (Lipinski definition) is 1. The van der Waals surface area contributed by atoms with Crippen molar-refractivity contribution in [3.63, 3.8) is 0 Å². The molecule has 0 bridgehead atoms. The highest BCUT2D eigenvalue weighted by Crippen LogP contribution is 2.33. The average molecular weight is 217 g/mol. The fraction of sp³-hybridized carbons (Fsp3) is 0.167. The van der Waals surface area contributed by atoms with E-state index in [2.05, 4.69) is 35.0 Å². The third kappa shape index (κ3) is 1.59. The van der Waals surface area contributed by atoms with Crippen LogP contribution < -0.4 is 10.1 Å². The third-order valence-electron chi connectivity index (χ3n) is 2.46. The van der Waals surface area contributed by atoms with Gasteiger partial charge in [-0.3, -0.25) is 0 Å². The predicted molar refractivity (Wildman–Crippen MR) is 63.7 cm³/mol. The number of benzene rings is 1. The standard InChI is InChI=1S/C12H11NOS/c1-2-12(15-7-1)9-3-4-11-10(8-9)13-5-6-14-11/h1-4,7-8,13H,5-6H2. The van der Waals surface area contributed by atoms with Gasteiger partial charge in [0, 0.05) is 11.4 Å². The number of ether oxygens (including phenoxy) is 1. The van der Waals surface area contributed by atoms with Crippen molar-refractivity contribution < 1.29 is 4.74 Å². The molecule has 2 aromatic rings. The molecular formula is C12H11NOS. The summed E-state index contributed by atoms with van der Waals surface area (Å²) in [6, 6.07) is 10.5. The molecule has 0 unspecified atom stereocenters. The van der Waals surface area contributed by atoms with Gasteiger partial charge in [0.2, 0.25) is 0 Å². The van der Waals surface area contributed by atoms with Gasteiger partial charge in [-0.15, -0.1) is 11.3 Å². The van der Waals surface area contributed by atoms with Crippen molar-refractivity contribution in [1.29, 1.82) is 0 Å². The highest BCUT2D eigenvalue weighted by Gasteiger charge is 2.10. The second kappa shape index (κ2) is 3.59. The van der Waals surface area contributed by atoms with Crippen LogP contribution in [-0.2, 0) is 0 Å². The fourth-order valence-electron chi connectivity index (χ4n) is 1.74. The van der Waals surface area contributed by atoms with Gasteiger partial charge in [0.15, 0.2) is 0 Å². The summed E-state index contributed by atoms with van der Waals surface area (Å²) in [4.78, 5) is 1.30. The number of nitrogens with one attached hydrogen (secondary N) is 1. The Morgan fingerprint density at radius 3 is 3.13 bits per heavy atom. The maximum absolute atomic E-state index is 5.54. The van der Waals surface area contributed by atoms with E-state index in [0.717, 1.165) is 24.6 Å². The quantitative estimate of drug-likeness (QED) is 0.792. The highest BCUT2D eigenvalue weighted by atomic mass is 32.1. The average Bonchev–Trinajstić information content (AvgIpc) is 2.82. The molecule has 0 fully saturated rings. The topological polar surface area (TPSA) is 21.3 Å². The van der Waals surface area contributed by atoms with E-state index in [1.807, 2.05) is 6.07 Å². The molecule has 0 amide bonds. The second-order valence-electron chi connectivity index (χ2n) is 3.46. The van der Waals surface area contributed by atoms with Gasteiger partial charge in [-0.05, 0) is 35.2 Å². The lowest BCUT2D eigenvalue weighted by molar-refractivity contribution is 0.323. The molecule has 1 aliphatic heterocycles. The molecule has 3 rings (SSSR count). The lowest BCUT2D eigenvalue weighted by atomic mass is 10.1. The van der Waals surface area contributed by atoms with E-state index in [9.17, 15) is 0 Å². The minimum atomic E-state index is 0.755. The van der Waals surface area contributed by atoms with E-state index in [4.69, 9.17) is 4.74 Å². The molecule has 1 aliphatic rings. The number of hydrogen-bond acceptors (Lipinski definition) is 3. The zero-order chi connectivity index (χ0) is 10.1. The predicted octanol–water partition coefficient (Wildman–Crippen LogP) is 3.22. The lowest BCUT2D eigenvalue weighted by Gasteiger charge is -2.19. The Bertz CT molecular complexity index is 464. The van der Waals surface area contributed by atoms with E-state index >= 15 is 0 Å². The lowest BCUT2D eigenvalue weighted by Crippen LogP contribution is -2.17. The van der Waals surface area contributed by atoms with Crippen LogP contribution in [0, 0.1) is 0 Å². The molecule has 0 radical (unpaired) electrons. The van der Waals surface area contributed by atoms with Crippen LogP contribution in [0.3, 0.4) is 0 Å². The molecule has 1 aromatic heterocycles. The van der Waals surface area contributed by atoms with Gasteiger partial charge >= 0.3 is 0 Å². The molecular weight excluding hydrogens is 206 g/mol. The van der Waals surface area contributed by atoms with Crippen molar-refractivity contribution in [3.05, 3.63) is 35.7 Å². The van der Waals surface area contributed by atoms with Gasteiger partial charge in [-0.2, -0.15) is 0 Å².